The summed E-state index contributed by atoms with van der Waals surface area (Å²) < 4.78 is 52.6. The van der Waals surface area contributed by atoms with Gasteiger partial charge in [0, 0.05) is 12.1 Å². The first-order valence-corrected chi connectivity index (χ1v) is 6.62. The number of rotatable bonds is 4. The Balaban J connectivity index is 2.23. The van der Waals surface area contributed by atoms with Crippen molar-refractivity contribution in [2.45, 2.75) is 18.3 Å². The zero-order valence-electron chi connectivity index (χ0n) is 11.8. The minimum Gasteiger partial charge on any atom is -0.369 e. The number of halogens is 4. The van der Waals surface area contributed by atoms with Crippen LogP contribution in [0.5, 0.6) is 0 Å². The number of nitrogens with one attached hydrogen (secondary N) is 1. The monoisotopic (exact) mass is 327 g/mol. The summed E-state index contributed by atoms with van der Waals surface area (Å²) in [6.45, 7) is -0.273. The van der Waals surface area contributed by atoms with Gasteiger partial charge in [-0.05, 0) is 17.7 Å². The second kappa shape index (κ2) is 6.37. The Labute approximate surface area is 129 Å². The Kier molecular flexibility index (Phi) is 4.70. The van der Waals surface area contributed by atoms with Crippen molar-refractivity contribution in [3.05, 3.63) is 71.5 Å². The molecule has 0 radical (unpaired) electrons. The number of hydrogen-bond acceptors (Lipinski definition) is 2. The molecule has 1 amide bonds. The van der Waals surface area contributed by atoms with Gasteiger partial charge in [0.25, 0.3) is 11.5 Å². The average Bonchev–Trinajstić information content (AvgIpc) is 2.53. The summed E-state index contributed by atoms with van der Waals surface area (Å²) in [5.74, 6) is -2.10. The first-order valence-electron chi connectivity index (χ1n) is 6.62. The molecule has 0 heterocycles. The van der Waals surface area contributed by atoms with Crippen LogP contribution < -0.4 is 5.32 Å². The molecule has 2 N–H and O–H groups in total. The van der Waals surface area contributed by atoms with E-state index in [1.807, 2.05) is 5.32 Å². The van der Waals surface area contributed by atoms with Gasteiger partial charge in [0.05, 0.1) is 0 Å². The number of carbonyl (C=O) groups is 1. The van der Waals surface area contributed by atoms with E-state index in [4.69, 9.17) is 0 Å². The molecule has 0 bridgehead atoms. The van der Waals surface area contributed by atoms with Crippen molar-refractivity contribution < 1.29 is 27.5 Å². The van der Waals surface area contributed by atoms with E-state index in [1.54, 1.807) is 0 Å². The molecule has 7 heteroatoms. The predicted molar refractivity (Wildman–Crippen MR) is 74.6 cm³/mol. The molecule has 2 aromatic rings. The van der Waals surface area contributed by atoms with E-state index in [-0.39, 0.29) is 6.54 Å². The molecule has 0 aliphatic carbocycles. The average molecular weight is 327 g/mol. The van der Waals surface area contributed by atoms with Gasteiger partial charge in [0.2, 0.25) is 0 Å². The summed E-state index contributed by atoms with van der Waals surface area (Å²) in [6.07, 6.45) is -5.19. The molecular formula is C16H13F4NO2. The van der Waals surface area contributed by atoms with E-state index in [9.17, 15) is 27.5 Å². The molecule has 0 saturated heterocycles. The van der Waals surface area contributed by atoms with Gasteiger partial charge in [-0.2, -0.15) is 13.2 Å². The maximum Gasteiger partial charge on any atom is 0.430 e. The van der Waals surface area contributed by atoms with Gasteiger partial charge in [0.1, 0.15) is 5.82 Å². The Morgan fingerprint density at radius 2 is 1.57 bits per heavy atom. The Hall–Kier alpha value is -2.41. The molecule has 1 unspecified atom stereocenters. The van der Waals surface area contributed by atoms with Gasteiger partial charge in [-0.1, -0.05) is 42.5 Å². The molecule has 0 aliphatic rings. The lowest BCUT2D eigenvalue weighted by Gasteiger charge is -2.29. The quantitative estimate of drug-likeness (QED) is 0.849. The largest absolute Gasteiger partial charge is 0.430 e. The van der Waals surface area contributed by atoms with Gasteiger partial charge in [0.15, 0.2) is 0 Å². The third-order valence-electron chi connectivity index (χ3n) is 3.30. The van der Waals surface area contributed by atoms with E-state index < -0.39 is 29.1 Å². The number of benzene rings is 2. The second-order valence-electron chi connectivity index (χ2n) is 4.88. The van der Waals surface area contributed by atoms with E-state index in [0.29, 0.717) is 5.56 Å². The minimum absolute atomic E-state index is 0.273. The van der Waals surface area contributed by atoms with Crippen molar-refractivity contribution in [1.82, 2.24) is 5.32 Å². The molecule has 0 saturated carbocycles. The van der Waals surface area contributed by atoms with Crippen LogP contribution in [-0.2, 0) is 16.9 Å². The zero-order valence-corrected chi connectivity index (χ0v) is 11.8. The molecule has 2 aromatic carbocycles. The van der Waals surface area contributed by atoms with E-state index in [0.717, 1.165) is 24.3 Å². The van der Waals surface area contributed by atoms with Crippen LogP contribution in [-0.4, -0.2) is 17.2 Å². The Morgan fingerprint density at radius 3 is 2.09 bits per heavy atom. The highest BCUT2D eigenvalue weighted by Crippen LogP contribution is 2.39. The molecule has 3 nitrogen and oxygen atoms in total. The van der Waals surface area contributed by atoms with Crippen LogP contribution in [0.25, 0.3) is 0 Å². The lowest BCUT2D eigenvalue weighted by Crippen LogP contribution is -2.54. The number of hydrogen-bond donors (Lipinski definition) is 2. The molecular weight excluding hydrogens is 314 g/mol. The SMILES string of the molecule is O=C(NCc1ccc(F)cc1)C(O)(c1ccccc1)C(F)(F)F. The molecule has 0 aliphatic heterocycles. The fraction of sp³-hybridized carbons (Fsp3) is 0.188. The van der Waals surface area contributed by atoms with Crippen LogP contribution in [0.4, 0.5) is 17.6 Å². The molecule has 0 spiro atoms. The lowest BCUT2D eigenvalue weighted by molar-refractivity contribution is -0.257. The lowest BCUT2D eigenvalue weighted by atomic mass is 9.92. The number of aliphatic hydroxyl groups is 1. The van der Waals surface area contributed by atoms with Crippen molar-refractivity contribution in [3.8, 4) is 0 Å². The van der Waals surface area contributed by atoms with E-state index in [1.165, 1.54) is 30.3 Å². The summed E-state index contributed by atoms with van der Waals surface area (Å²) in [4.78, 5) is 12.0. The maximum absolute atomic E-state index is 13.3. The fourth-order valence-corrected chi connectivity index (χ4v) is 2.02. The minimum atomic E-state index is -5.19. The Morgan fingerprint density at radius 1 is 1.00 bits per heavy atom. The molecule has 0 aromatic heterocycles. The maximum atomic E-state index is 13.3. The van der Waals surface area contributed by atoms with Crippen LogP contribution in [0.2, 0.25) is 0 Å². The van der Waals surface area contributed by atoms with E-state index in [2.05, 4.69) is 0 Å². The van der Waals surface area contributed by atoms with Gasteiger partial charge < -0.3 is 10.4 Å². The van der Waals surface area contributed by atoms with Crippen molar-refractivity contribution in [1.29, 1.82) is 0 Å². The topological polar surface area (TPSA) is 49.3 Å². The van der Waals surface area contributed by atoms with Crippen molar-refractivity contribution in [2.75, 3.05) is 0 Å². The van der Waals surface area contributed by atoms with Crippen molar-refractivity contribution in [2.24, 2.45) is 0 Å². The number of amides is 1. The van der Waals surface area contributed by atoms with Crippen molar-refractivity contribution in [3.63, 3.8) is 0 Å². The van der Waals surface area contributed by atoms with Crippen LogP contribution in [0, 0.1) is 5.82 Å². The van der Waals surface area contributed by atoms with Crippen LogP contribution in [0.15, 0.2) is 54.6 Å². The predicted octanol–water partition coefficient (Wildman–Crippen LogP) is 2.89. The second-order valence-corrected chi connectivity index (χ2v) is 4.88. The molecule has 2 rings (SSSR count). The highest BCUT2D eigenvalue weighted by Gasteiger charge is 2.60. The smallest absolute Gasteiger partial charge is 0.369 e. The first-order chi connectivity index (χ1) is 10.7. The first kappa shape index (κ1) is 17.0. The van der Waals surface area contributed by atoms with Gasteiger partial charge >= 0.3 is 6.18 Å². The van der Waals surface area contributed by atoms with Crippen LogP contribution in [0.3, 0.4) is 0 Å². The van der Waals surface area contributed by atoms with Gasteiger partial charge in [-0.15, -0.1) is 0 Å². The normalized spacial score (nSPS) is 14.1. The fourth-order valence-electron chi connectivity index (χ4n) is 2.02. The van der Waals surface area contributed by atoms with Crippen molar-refractivity contribution >= 4 is 5.91 Å². The summed E-state index contributed by atoms with van der Waals surface area (Å²) in [6, 6.07) is 11.0. The summed E-state index contributed by atoms with van der Waals surface area (Å²) in [5.41, 5.74) is -3.84. The molecule has 122 valence electrons. The number of carbonyl (C=O) groups excluding carboxylic acids is 1. The highest BCUT2D eigenvalue weighted by atomic mass is 19.4. The third-order valence-corrected chi connectivity index (χ3v) is 3.30. The zero-order chi connectivity index (χ0) is 17.1. The Bertz CT molecular complexity index is 671. The summed E-state index contributed by atoms with van der Waals surface area (Å²) in [7, 11) is 0. The highest BCUT2D eigenvalue weighted by molar-refractivity contribution is 5.87. The molecule has 0 fully saturated rings. The number of alkyl halides is 3. The van der Waals surface area contributed by atoms with Crippen LogP contribution >= 0.6 is 0 Å². The van der Waals surface area contributed by atoms with Gasteiger partial charge in [-0.3, -0.25) is 4.79 Å². The van der Waals surface area contributed by atoms with E-state index >= 15 is 0 Å². The van der Waals surface area contributed by atoms with Gasteiger partial charge in [-0.25, -0.2) is 4.39 Å². The summed E-state index contributed by atoms with van der Waals surface area (Å²) >= 11 is 0. The molecule has 23 heavy (non-hydrogen) atoms. The summed E-state index contributed by atoms with van der Waals surface area (Å²) in [5, 5.41) is 12.0. The standard InChI is InChI=1S/C16H13F4NO2/c17-13-8-6-11(7-9-13)10-21-14(22)15(23,16(18,19)20)12-4-2-1-3-5-12/h1-9,23H,10H2,(H,21,22). The third kappa shape index (κ3) is 3.50. The molecule has 1 atom stereocenters. The van der Waals surface area contributed by atoms with Crippen LogP contribution in [0.1, 0.15) is 11.1 Å².